The molecule has 2 aromatic rings. The van der Waals surface area contributed by atoms with Gasteiger partial charge >= 0.3 is 0 Å². The third-order valence-electron chi connectivity index (χ3n) is 4.20. The topological polar surface area (TPSA) is 47.1 Å². The minimum atomic E-state index is 0.490. The Morgan fingerprint density at radius 1 is 1.30 bits per heavy atom. The summed E-state index contributed by atoms with van der Waals surface area (Å²) in [4.78, 5) is 2.47. The summed E-state index contributed by atoms with van der Waals surface area (Å²) in [5, 5.41) is 8.65. The Morgan fingerprint density at radius 3 is 2.70 bits per heavy atom. The molecule has 0 aromatic carbocycles. The predicted octanol–water partition coefficient (Wildman–Crippen LogP) is 2.55. The van der Waals surface area contributed by atoms with Crippen LogP contribution in [0.15, 0.2) is 10.6 Å². The first-order valence-corrected chi connectivity index (χ1v) is 7.21. The molecular formula is C15H22N4O. The summed E-state index contributed by atoms with van der Waals surface area (Å²) in [5.74, 6) is 0.942. The molecule has 0 amide bonds. The van der Waals surface area contributed by atoms with Gasteiger partial charge < -0.3 is 4.52 Å². The van der Waals surface area contributed by atoms with Crippen molar-refractivity contribution >= 4 is 0 Å². The molecule has 108 valence electrons. The van der Waals surface area contributed by atoms with Crippen molar-refractivity contribution in [3.05, 3.63) is 34.5 Å². The Morgan fingerprint density at radius 2 is 2.10 bits per heavy atom. The van der Waals surface area contributed by atoms with Crippen LogP contribution in [-0.2, 0) is 6.54 Å². The van der Waals surface area contributed by atoms with Crippen LogP contribution in [0.4, 0.5) is 0 Å². The quantitative estimate of drug-likeness (QED) is 0.863. The molecule has 1 saturated heterocycles. The van der Waals surface area contributed by atoms with Gasteiger partial charge in [0.1, 0.15) is 5.76 Å². The van der Waals surface area contributed by atoms with Gasteiger partial charge in [-0.25, -0.2) is 0 Å². The van der Waals surface area contributed by atoms with E-state index in [-0.39, 0.29) is 0 Å². The number of likely N-dealkylation sites (tertiary alicyclic amines) is 1. The van der Waals surface area contributed by atoms with Gasteiger partial charge in [0.2, 0.25) is 0 Å². The van der Waals surface area contributed by atoms with E-state index >= 15 is 0 Å². The summed E-state index contributed by atoms with van der Waals surface area (Å²) in [6.45, 7) is 11.3. The van der Waals surface area contributed by atoms with Crippen molar-refractivity contribution < 1.29 is 4.52 Å². The molecule has 0 bridgehead atoms. The lowest BCUT2D eigenvalue weighted by atomic mass is 10.2. The summed E-state index contributed by atoms with van der Waals surface area (Å²) in [5.41, 5.74) is 4.61. The van der Waals surface area contributed by atoms with E-state index in [9.17, 15) is 0 Å². The van der Waals surface area contributed by atoms with Crippen molar-refractivity contribution in [1.29, 1.82) is 0 Å². The SMILES string of the molecule is Cc1cc(C)n([C@H]2CCN(Cc3c(C)noc3C)C2)n1. The van der Waals surface area contributed by atoms with Crippen molar-refractivity contribution in [2.45, 2.75) is 46.7 Å². The van der Waals surface area contributed by atoms with Gasteiger partial charge in [0, 0.05) is 30.9 Å². The second-order valence-corrected chi connectivity index (χ2v) is 5.85. The van der Waals surface area contributed by atoms with Crippen LogP contribution in [-0.4, -0.2) is 32.9 Å². The largest absolute Gasteiger partial charge is 0.361 e. The molecule has 3 rings (SSSR count). The summed E-state index contributed by atoms with van der Waals surface area (Å²) < 4.78 is 7.43. The van der Waals surface area contributed by atoms with Crippen molar-refractivity contribution in [2.24, 2.45) is 0 Å². The Labute approximate surface area is 119 Å². The van der Waals surface area contributed by atoms with Crippen molar-refractivity contribution in [3.63, 3.8) is 0 Å². The van der Waals surface area contributed by atoms with Gasteiger partial charge in [-0.15, -0.1) is 0 Å². The van der Waals surface area contributed by atoms with Crippen LogP contribution in [0.25, 0.3) is 0 Å². The highest BCUT2D eigenvalue weighted by molar-refractivity contribution is 5.20. The molecule has 0 aliphatic carbocycles. The van der Waals surface area contributed by atoms with Crippen LogP contribution < -0.4 is 0 Å². The van der Waals surface area contributed by atoms with E-state index in [1.165, 1.54) is 11.3 Å². The second kappa shape index (κ2) is 5.05. The number of aromatic nitrogens is 3. The maximum absolute atomic E-state index is 5.25. The standard InChI is InChI=1S/C15H22N4O/c1-10-7-11(2)19(16-10)14-5-6-18(8-14)9-15-12(3)17-20-13(15)4/h7,14H,5-6,8-9H2,1-4H3/t14-/m0/s1. The maximum Gasteiger partial charge on any atom is 0.138 e. The Kier molecular flexibility index (Phi) is 3.38. The highest BCUT2D eigenvalue weighted by atomic mass is 16.5. The zero-order valence-electron chi connectivity index (χ0n) is 12.7. The predicted molar refractivity (Wildman–Crippen MR) is 76.6 cm³/mol. The molecular weight excluding hydrogens is 252 g/mol. The molecule has 2 aromatic heterocycles. The van der Waals surface area contributed by atoms with Crippen LogP contribution >= 0.6 is 0 Å². The van der Waals surface area contributed by atoms with E-state index in [2.05, 4.69) is 39.8 Å². The monoisotopic (exact) mass is 274 g/mol. The van der Waals surface area contributed by atoms with E-state index in [1.54, 1.807) is 0 Å². The lowest BCUT2D eigenvalue weighted by molar-refractivity contribution is 0.307. The molecule has 1 fully saturated rings. The minimum Gasteiger partial charge on any atom is -0.361 e. The number of rotatable bonds is 3. The fourth-order valence-electron chi connectivity index (χ4n) is 3.12. The summed E-state index contributed by atoms with van der Waals surface area (Å²) >= 11 is 0. The van der Waals surface area contributed by atoms with Crippen LogP contribution in [0.3, 0.4) is 0 Å². The van der Waals surface area contributed by atoms with Gasteiger partial charge in [-0.3, -0.25) is 9.58 Å². The van der Waals surface area contributed by atoms with Crippen molar-refractivity contribution in [1.82, 2.24) is 19.8 Å². The van der Waals surface area contributed by atoms with Gasteiger partial charge in [0.25, 0.3) is 0 Å². The van der Waals surface area contributed by atoms with Gasteiger partial charge in [-0.1, -0.05) is 5.16 Å². The van der Waals surface area contributed by atoms with Crippen molar-refractivity contribution in [3.8, 4) is 0 Å². The number of hydrogen-bond donors (Lipinski definition) is 0. The third kappa shape index (κ3) is 2.38. The van der Waals surface area contributed by atoms with Crippen molar-refractivity contribution in [2.75, 3.05) is 13.1 Å². The highest BCUT2D eigenvalue weighted by Crippen LogP contribution is 2.25. The van der Waals surface area contributed by atoms with Crippen LogP contribution in [0.2, 0.25) is 0 Å². The molecule has 20 heavy (non-hydrogen) atoms. The lowest BCUT2D eigenvalue weighted by Crippen LogP contribution is -2.22. The second-order valence-electron chi connectivity index (χ2n) is 5.85. The molecule has 0 N–H and O–H groups in total. The van der Waals surface area contributed by atoms with Gasteiger partial charge in [-0.05, 0) is 40.2 Å². The summed E-state index contributed by atoms with van der Waals surface area (Å²) in [6, 6.07) is 2.64. The van der Waals surface area contributed by atoms with E-state index in [0.717, 1.165) is 43.2 Å². The highest BCUT2D eigenvalue weighted by Gasteiger charge is 2.26. The molecule has 0 unspecified atom stereocenters. The first-order chi connectivity index (χ1) is 9.54. The fraction of sp³-hybridized carbons (Fsp3) is 0.600. The van der Waals surface area contributed by atoms with E-state index in [0.29, 0.717) is 6.04 Å². The van der Waals surface area contributed by atoms with Gasteiger partial charge in [0.15, 0.2) is 0 Å². The Hall–Kier alpha value is -1.62. The van der Waals surface area contributed by atoms with E-state index in [4.69, 9.17) is 4.52 Å². The summed E-state index contributed by atoms with van der Waals surface area (Å²) in [7, 11) is 0. The molecule has 0 spiro atoms. The van der Waals surface area contributed by atoms with Crippen LogP contribution in [0, 0.1) is 27.7 Å². The number of nitrogens with zero attached hydrogens (tertiary/aromatic N) is 4. The molecule has 3 heterocycles. The van der Waals surface area contributed by atoms with E-state index in [1.807, 2.05) is 13.8 Å². The molecule has 0 radical (unpaired) electrons. The minimum absolute atomic E-state index is 0.490. The maximum atomic E-state index is 5.25. The first kappa shape index (κ1) is 13.4. The Balaban J connectivity index is 1.70. The molecule has 0 saturated carbocycles. The summed E-state index contributed by atoms with van der Waals surface area (Å²) in [6.07, 6.45) is 1.16. The molecule has 5 heteroatoms. The van der Waals surface area contributed by atoms with Crippen LogP contribution in [0.5, 0.6) is 0 Å². The Bertz CT molecular complexity index is 594. The smallest absolute Gasteiger partial charge is 0.138 e. The molecule has 1 aliphatic heterocycles. The van der Waals surface area contributed by atoms with Gasteiger partial charge in [-0.2, -0.15) is 5.10 Å². The molecule has 1 aliphatic rings. The average molecular weight is 274 g/mol. The van der Waals surface area contributed by atoms with E-state index < -0.39 is 0 Å². The molecule has 1 atom stereocenters. The van der Waals surface area contributed by atoms with Crippen LogP contribution in [0.1, 0.15) is 40.9 Å². The molecule has 5 nitrogen and oxygen atoms in total. The number of hydrogen-bond acceptors (Lipinski definition) is 4. The zero-order chi connectivity index (χ0) is 14.3. The first-order valence-electron chi connectivity index (χ1n) is 7.21. The normalized spacial score (nSPS) is 19.9. The zero-order valence-corrected chi connectivity index (χ0v) is 12.7. The fourth-order valence-corrected chi connectivity index (χ4v) is 3.12. The average Bonchev–Trinajstić information content (AvgIpc) is 3.06. The lowest BCUT2D eigenvalue weighted by Gasteiger charge is -2.16. The third-order valence-corrected chi connectivity index (χ3v) is 4.20. The van der Waals surface area contributed by atoms with Gasteiger partial charge in [0.05, 0.1) is 17.4 Å². The number of aryl methyl sites for hydroxylation is 4.